The summed E-state index contributed by atoms with van der Waals surface area (Å²) < 4.78 is 35.6. The van der Waals surface area contributed by atoms with Crippen LogP contribution in [0.2, 0.25) is 0 Å². The molecule has 25 heavy (non-hydrogen) atoms. The van der Waals surface area contributed by atoms with Crippen LogP contribution in [0, 0.1) is 0 Å². The van der Waals surface area contributed by atoms with Crippen molar-refractivity contribution in [1.29, 1.82) is 0 Å². The lowest BCUT2D eigenvalue weighted by molar-refractivity contribution is -0.182. The van der Waals surface area contributed by atoms with Crippen molar-refractivity contribution >= 4 is 18.0 Å². The predicted octanol–water partition coefficient (Wildman–Crippen LogP) is 1.37. The van der Waals surface area contributed by atoms with Crippen LogP contribution in [0.25, 0.3) is 0 Å². The molecule has 0 aliphatic heterocycles. The molecule has 0 atom stereocenters. The van der Waals surface area contributed by atoms with Gasteiger partial charge in [-0.15, -0.1) is 0 Å². The average Bonchev–Trinajstić information content (AvgIpc) is 2.56. The van der Waals surface area contributed by atoms with Gasteiger partial charge in [-0.2, -0.15) is 0 Å². The van der Waals surface area contributed by atoms with Crippen molar-refractivity contribution in [3.8, 4) is 0 Å². The summed E-state index contributed by atoms with van der Waals surface area (Å²) in [5.74, 6) is -4.78. The van der Waals surface area contributed by atoms with Gasteiger partial charge in [0.05, 0.1) is 7.11 Å². The molecule has 0 bridgehead atoms. The Balaban J connectivity index is 1.77. The van der Waals surface area contributed by atoms with E-state index < -0.39 is 48.8 Å². The van der Waals surface area contributed by atoms with Gasteiger partial charge in [0.1, 0.15) is 18.7 Å². The van der Waals surface area contributed by atoms with E-state index in [1.54, 1.807) is 24.3 Å². The van der Waals surface area contributed by atoms with Crippen LogP contribution in [0.3, 0.4) is 0 Å². The van der Waals surface area contributed by atoms with Gasteiger partial charge in [-0.3, -0.25) is 4.79 Å². The number of hydrogen-bond acceptors (Lipinski definition) is 5. The van der Waals surface area contributed by atoms with Crippen LogP contribution >= 0.6 is 0 Å². The van der Waals surface area contributed by atoms with E-state index in [2.05, 4.69) is 15.4 Å². The Morgan fingerprint density at radius 2 is 1.80 bits per heavy atom. The number of methoxy groups -OCH3 is 1. The van der Waals surface area contributed by atoms with Crippen LogP contribution in [-0.4, -0.2) is 43.1 Å². The number of alkyl carbamates (subject to hydrolysis) is 1. The van der Waals surface area contributed by atoms with Crippen molar-refractivity contribution < 1.29 is 32.6 Å². The smallest absolute Gasteiger partial charge is 0.407 e. The lowest BCUT2D eigenvalue weighted by atomic mass is 9.73. The van der Waals surface area contributed by atoms with Crippen LogP contribution in [0.5, 0.6) is 0 Å². The third kappa shape index (κ3) is 4.88. The molecule has 1 aliphatic carbocycles. The molecule has 0 radical (unpaired) electrons. The van der Waals surface area contributed by atoms with E-state index in [0.29, 0.717) is 0 Å². The maximum atomic E-state index is 13.1. The number of amides is 2. The number of nitrogens with one attached hydrogen (secondary N) is 2. The van der Waals surface area contributed by atoms with Gasteiger partial charge in [-0.05, 0) is 5.56 Å². The number of carbonyl (C=O) groups is 3. The Hall–Kier alpha value is -2.71. The molecule has 1 aromatic rings. The normalized spacial score (nSPS) is 16.9. The Kier molecular flexibility index (Phi) is 5.55. The summed E-state index contributed by atoms with van der Waals surface area (Å²) in [5, 5.41) is 4.39. The highest BCUT2D eigenvalue weighted by molar-refractivity contribution is 5.91. The van der Waals surface area contributed by atoms with Crippen LogP contribution in [0.1, 0.15) is 18.4 Å². The molecule has 7 nitrogen and oxygen atoms in total. The third-order valence-electron chi connectivity index (χ3n) is 3.68. The minimum Gasteiger partial charge on any atom is -0.467 e. The molecule has 1 aliphatic rings. The topological polar surface area (TPSA) is 93.7 Å². The quantitative estimate of drug-likeness (QED) is 0.751. The molecule has 0 saturated heterocycles. The summed E-state index contributed by atoms with van der Waals surface area (Å²) in [6.45, 7) is -0.495. The first kappa shape index (κ1) is 18.6. The highest BCUT2D eigenvalue weighted by atomic mass is 19.3. The fraction of sp³-hybridized carbons (Fsp3) is 0.438. The zero-order chi connectivity index (χ0) is 18.5. The predicted molar refractivity (Wildman–Crippen MR) is 81.7 cm³/mol. The average molecular weight is 356 g/mol. The van der Waals surface area contributed by atoms with Gasteiger partial charge in [0, 0.05) is 12.8 Å². The lowest BCUT2D eigenvalue weighted by Crippen LogP contribution is -2.67. The summed E-state index contributed by atoms with van der Waals surface area (Å²) in [5.41, 5.74) is -0.992. The van der Waals surface area contributed by atoms with E-state index in [4.69, 9.17) is 4.74 Å². The first-order valence-corrected chi connectivity index (χ1v) is 7.48. The van der Waals surface area contributed by atoms with Gasteiger partial charge < -0.3 is 20.1 Å². The summed E-state index contributed by atoms with van der Waals surface area (Å²) in [7, 11) is 1.05. The van der Waals surface area contributed by atoms with E-state index in [1.807, 2.05) is 6.07 Å². The number of esters is 1. The first-order chi connectivity index (χ1) is 11.8. The molecular formula is C16H18F2N2O5. The molecule has 1 fully saturated rings. The van der Waals surface area contributed by atoms with Crippen molar-refractivity contribution in [1.82, 2.24) is 10.6 Å². The van der Waals surface area contributed by atoms with E-state index >= 15 is 0 Å². The third-order valence-corrected chi connectivity index (χ3v) is 3.68. The van der Waals surface area contributed by atoms with Crippen molar-refractivity contribution in [3.05, 3.63) is 35.9 Å². The monoisotopic (exact) mass is 356 g/mol. The van der Waals surface area contributed by atoms with Gasteiger partial charge >= 0.3 is 12.1 Å². The van der Waals surface area contributed by atoms with Crippen LogP contribution in [-0.2, 0) is 25.7 Å². The zero-order valence-corrected chi connectivity index (χ0v) is 13.5. The standard InChI is InChI=1S/C16H18F2N2O5/c1-24-13(22)15(9-16(17,18)10-15)20-12(21)7-19-14(23)25-8-11-5-3-2-4-6-11/h2-6H,7-10H2,1H3,(H,19,23)(H,20,21). The first-order valence-electron chi connectivity index (χ1n) is 7.48. The second-order valence-electron chi connectivity index (χ2n) is 5.75. The summed E-state index contributed by atoms with van der Waals surface area (Å²) in [4.78, 5) is 35.0. The fourth-order valence-corrected chi connectivity index (χ4v) is 2.55. The van der Waals surface area contributed by atoms with Crippen LogP contribution in [0.15, 0.2) is 30.3 Å². The fourth-order valence-electron chi connectivity index (χ4n) is 2.55. The Morgan fingerprint density at radius 3 is 2.36 bits per heavy atom. The van der Waals surface area contributed by atoms with Crippen molar-refractivity contribution in [2.24, 2.45) is 0 Å². The molecule has 9 heteroatoms. The Bertz CT molecular complexity index is 643. The zero-order valence-electron chi connectivity index (χ0n) is 13.5. The van der Waals surface area contributed by atoms with Gasteiger partial charge in [0.25, 0.3) is 5.92 Å². The summed E-state index contributed by atoms with van der Waals surface area (Å²) in [6.07, 6.45) is -2.52. The molecule has 0 unspecified atom stereocenters. The van der Waals surface area contributed by atoms with Crippen molar-refractivity contribution in [2.75, 3.05) is 13.7 Å². The Morgan fingerprint density at radius 1 is 1.16 bits per heavy atom. The number of hydrogen-bond donors (Lipinski definition) is 2. The largest absolute Gasteiger partial charge is 0.467 e. The molecule has 136 valence electrons. The molecule has 0 aromatic heterocycles. The minimum absolute atomic E-state index is 0.0204. The molecule has 1 aromatic carbocycles. The number of alkyl halides is 2. The number of rotatable bonds is 6. The summed E-state index contributed by atoms with van der Waals surface area (Å²) >= 11 is 0. The lowest BCUT2D eigenvalue weighted by Gasteiger charge is -2.44. The van der Waals surface area contributed by atoms with E-state index in [1.165, 1.54) is 0 Å². The second kappa shape index (κ2) is 7.45. The van der Waals surface area contributed by atoms with Crippen molar-refractivity contribution in [3.63, 3.8) is 0 Å². The van der Waals surface area contributed by atoms with E-state index in [0.717, 1.165) is 12.7 Å². The Labute approximate surface area is 142 Å². The van der Waals surface area contributed by atoms with Crippen LogP contribution in [0.4, 0.5) is 13.6 Å². The molecule has 2 amide bonds. The SMILES string of the molecule is COC(=O)C1(NC(=O)CNC(=O)OCc2ccccc2)CC(F)(F)C1. The minimum atomic E-state index is -3.04. The molecule has 2 rings (SSSR count). The number of ether oxygens (including phenoxy) is 2. The molecule has 0 heterocycles. The molecule has 1 saturated carbocycles. The number of benzene rings is 1. The molecular weight excluding hydrogens is 338 g/mol. The van der Waals surface area contributed by atoms with E-state index in [-0.39, 0.29) is 6.61 Å². The highest BCUT2D eigenvalue weighted by Crippen LogP contribution is 2.46. The molecule has 2 N–H and O–H groups in total. The van der Waals surface area contributed by atoms with Crippen LogP contribution < -0.4 is 10.6 Å². The summed E-state index contributed by atoms with van der Waals surface area (Å²) in [6, 6.07) is 8.90. The van der Waals surface area contributed by atoms with Gasteiger partial charge in [-0.1, -0.05) is 30.3 Å². The maximum absolute atomic E-state index is 13.1. The van der Waals surface area contributed by atoms with Gasteiger partial charge in [-0.25, -0.2) is 18.4 Å². The van der Waals surface area contributed by atoms with E-state index in [9.17, 15) is 23.2 Å². The highest BCUT2D eigenvalue weighted by Gasteiger charge is 2.62. The number of carbonyl (C=O) groups excluding carboxylic acids is 3. The van der Waals surface area contributed by atoms with Gasteiger partial charge in [0.15, 0.2) is 0 Å². The van der Waals surface area contributed by atoms with Crippen molar-refractivity contribution in [2.45, 2.75) is 30.9 Å². The number of halogens is 2. The maximum Gasteiger partial charge on any atom is 0.407 e. The molecule has 0 spiro atoms. The second-order valence-corrected chi connectivity index (χ2v) is 5.75. The van der Waals surface area contributed by atoms with Gasteiger partial charge in [0.2, 0.25) is 5.91 Å².